The Hall–Kier alpha value is -2.09. The molecule has 0 saturated heterocycles. The molecule has 0 fully saturated rings. The number of rotatable bonds is 2. The fourth-order valence-corrected chi connectivity index (χ4v) is 2.42. The Morgan fingerprint density at radius 2 is 1.83 bits per heavy atom. The van der Waals surface area contributed by atoms with Gasteiger partial charge in [-0.15, -0.1) is 0 Å². The van der Waals surface area contributed by atoms with Crippen molar-refractivity contribution < 1.29 is 4.79 Å². The molecule has 0 spiro atoms. The Bertz CT molecular complexity index is 575. The number of amides is 1. The first kappa shape index (κ1) is 11.0. The minimum Gasteiger partial charge on any atom is -0.352 e. The average Bonchev–Trinajstić information content (AvgIpc) is 2.40. The minimum atomic E-state index is 0.0579. The zero-order valence-electron chi connectivity index (χ0n) is 10.1. The number of hydrogen-bond acceptors (Lipinski definition) is 1. The lowest BCUT2D eigenvalue weighted by Crippen LogP contribution is -2.31. The van der Waals surface area contributed by atoms with Crippen molar-refractivity contribution in [2.75, 3.05) is 6.54 Å². The maximum absolute atomic E-state index is 11.6. The molecule has 2 nitrogen and oxygen atoms in total. The average molecular weight is 237 g/mol. The summed E-state index contributed by atoms with van der Waals surface area (Å²) in [6.45, 7) is 0.751. The lowest BCUT2D eigenvalue weighted by molar-refractivity contribution is 0.0946. The molecule has 1 N–H and O–H groups in total. The van der Waals surface area contributed by atoms with Crippen molar-refractivity contribution in [1.82, 2.24) is 5.32 Å². The molecule has 0 unspecified atom stereocenters. The van der Waals surface area contributed by atoms with Crippen LogP contribution in [0.25, 0.3) is 0 Å². The van der Waals surface area contributed by atoms with Gasteiger partial charge in [-0.1, -0.05) is 42.5 Å². The topological polar surface area (TPSA) is 29.1 Å². The first-order chi connectivity index (χ1) is 8.83. The van der Waals surface area contributed by atoms with Crippen LogP contribution in [0.2, 0.25) is 0 Å². The van der Waals surface area contributed by atoms with E-state index in [0.717, 1.165) is 24.9 Å². The summed E-state index contributed by atoms with van der Waals surface area (Å²) in [5.74, 6) is 0.0579. The summed E-state index contributed by atoms with van der Waals surface area (Å²) in [5, 5.41) is 2.87. The van der Waals surface area contributed by atoms with Crippen LogP contribution in [-0.4, -0.2) is 12.5 Å². The van der Waals surface area contributed by atoms with Gasteiger partial charge in [-0.3, -0.25) is 4.79 Å². The predicted molar refractivity (Wildman–Crippen MR) is 71.7 cm³/mol. The third-order valence-electron chi connectivity index (χ3n) is 3.35. The molecule has 0 radical (unpaired) electrons. The van der Waals surface area contributed by atoms with E-state index in [-0.39, 0.29) is 5.91 Å². The first-order valence-corrected chi connectivity index (χ1v) is 6.27. The van der Waals surface area contributed by atoms with Gasteiger partial charge >= 0.3 is 0 Å². The standard InChI is InChI=1S/C16H15NO/c18-16-15-7-6-13(11-14(15)8-9-17-16)10-12-4-2-1-3-5-12/h1-7,11H,8-10H2,(H,17,18). The summed E-state index contributed by atoms with van der Waals surface area (Å²) >= 11 is 0. The molecule has 1 aliphatic rings. The summed E-state index contributed by atoms with van der Waals surface area (Å²) in [6, 6.07) is 16.6. The highest BCUT2D eigenvalue weighted by Crippen LogP contribution is 2.18. The minimum absolute atomic E-state index is 0.0579. The van der Waals surface area contributed by atoms with E-state index in [1.807, 2.05) is 12.1 Å². The van der Waals surface area contributed by atoms with Crippen LogP contribution in [0.15, 0.2) is 48.5 Å². The predicted octanol–water partition coefficient (Wildman–Crippen LogP) is 2.56. The van der Waals surface area contributed by atoms with Gasteiger partial charge in [0.1, 0.15) is 0 Å². The summed E-state index contributed by atoms with van der Waals surface area (Å²) in [5.41, 5.74) is 4.58. The fraction of sp³-hybridized carbons (Fsp3) is 0.188. The van der Waals surface area contributed by atoms with E-state index in [1.165, 1.54) is 16.7 Å². The number of carbonyl (C=O) groups is 1. The molecule has 1 amide bonds. The zero-order chi connectivity index (χ0) is 12.4. The van der Waals surface area contributed by atoms with Crippen molar-refractivity contribution in [3.8, 4) is 0 Å². The number of nitrogens with one attached hydrogen (secondary N) is 1. The number of carbonyl (C=O) groups excluding carboxylic acids is 1. The van der Waals surface area contributed by atoms with Crippen LogP contribution in [0.4, 0.5) is 0 Å². The summed E-state index contributed by atoms with van der Waals surface area (Å²) in [6.07, 6.45) is 1.86. The molecular formula is C16H15NO. The van der Waals surface area contributed by atoms with Gasteiger partial charge in [0.15, 0.2) is 0 Å². The van der Waals surface area contributed by atoms with E-state index in [4.69, 9.17) is 0 Å². The van der Waals surface area contributed by atoms with Crippen molar-refractivity contribution in [3.63, 3.8) is 0 Å². The fourth-order valence-electron chi connectivity index (χ4n) is 2.42. The molecule has 0 saturated carbocycles. The molecule has 0 aromatic heterocycles. The molecule has 2 heteroatoms. The molecule has 1 aliphatic heterocycles. The van der Waals surface area contributed by atoms with Gasteiger partial charge in [-0.05, 0) is 35.6 Å². The van der Waals surface area contributed by atoms with Gasteiger partial charge in [-0.25, -0.2) is 0 Å². The normalized spacial score (nSPS) is 13.9. The second kappa shape index (κ2) is 4.65. The molecule has 2 aromatic rings. The number of fused-ring (bicyclic) bond motifs is 1. The van der Waals surface area contributed by atoms with Crippen LogP contribution < -0.4 is 5.32 Å². The van der Waals surface area contributed by atoms with Crippen molar-refractivity contribution in [1.29, 1.82) is 0 Å². The Balaban J connectivity index is 1.89. The van der Waals surface area contributed by atoms with Crippen LogP contribution in [0.5, 0.6) is 0 Å². The quantitative estimate of drug-likeness (QED) is 0.854. The van der Waals surface area contributed by atoms with Gasteiger partial charge in [0.05, 0.1) is 0 Å². The summed E-state index contributed by atoms with van der Waals surface area (Å²) < 4.78 is 0. The monoisotopic (exact) mass is 237 g/mol. The maximum Gasteiger partial charge on any atom is 0.251 e. The Labute approximate surface area is 107 Å². The second-order valence-corrected chi connectivity index (χ2v) is 4.66. The van der Waals surface area contributed by atoms with Crippen molar-refractivity contribution in [2.24, 2.45) is 0 Å². The van der Waals surface area contributed by atoms with Gasteiger partial charge in [0.25, 0.3) is 5.91 Å². The molecule has 2 aromatic carbocycles. The third-order valence-corrected chi connectivity index (χ3v) is 3.35. The molecule has 18 heavy (non-hydrogen) atoms. The molecule has 1 heterocycles. The smallest absolute Gasteiger partial charge is 0.251 e. The number of hydrogen-bond donors (Lipinski definition) is 1. The molecule has 0 atom stereocenters. The van der Waals surface area contributed by atoms with Crippen LogP contribution in [0.3, 0.4) is 0 Å². The Morgan fingerprint density at radius 3 is 2.67 bits per heavy atom. The lowest BCUT2D eigenvalue weighted by Gasteiger charge is -2.17. The zero-order valence-corrected chi connectivity index (χ0v) is 10.1. The van der Waals surface area contributed by atoms with Gasteiger partial charge in [-0.2, -0.15) is 0 Å². The SMILES string of the molecule is O=C1NCCc2cc(Cc3ccccc3)ccc21. The lowest BCUT2D eigenvalue weighted by atomic mass is 9.95. The number of benzene rings is 2. The second-order valence-electron chi connectivity index (χ2n) is 4.66. The Kier molecular flexibility index (Phi) is 2.85. The summed E-state index contributed by atoms with van der Waals surface area (Å²) in [7, 11) is 0. The first-order valence-electron chi connectivity index (χ1n) is 6.27. The van der Waals surface area contributed by atoms with Crippen LogP contribution in [0, 0.1) is 0 Å². The molecule has 3 rings (SSSR count). The molecular weight excluding hydrogens is 222 g/mol. The van der Waals surface area contributed by atoms with Gasteiger partial charge < -0.3 is 5.32 Å². The highest BCUT2D eigenvalue weighted by atomic mass is 16.1. The van der Waals surface area contributed by atoms with E-state index in [9.17, 15) is 4.79 Å². The van der Waals surface area contributed by atoms with Crippen LogP contribution in [-0.2, 0) is 12.8 Å². The van der Waals surface area contributed by atoms with E-state index < -0.39 is 0 Å². The Morgan fingerprint density at radius 1 is 1.00 bits per heavy atom. The summed E-state index contributed by atoms with van der Waals surface area (Å²) in [4.78, 5) is 11.6. The molecule has 0 aliphatic carbocycles. The van der Waals surface area contributed by atoms with Gasteiger partial charge in [0, 0.05) is 12.1 Å². The van der Waals surface area contributed by atoms with Crippen LogP contribution in [0.1, 0.15) is 27.0 Å². The van der Waals surface area contributed by atoms with E-state index >= 15 is 0 Å². The maximum atomic E-state index is 11.6. The van der Waals surface area contributed by atoms with E-state index in [1.54, 1.807) is 0 Å². The largest absolute Gasteiger partial charge is 0.352 e. The highest BCUT2D eigenvalue weighted by Gasteiger charge is 2.16. The van der Waals surface area contributed by atoms with E-state index in [0.29, 0.717) is 0 Å². The van der Waals surface area contributed by atoms with Crippen LogP contribution >= 0.6 is 0 Å². The van der Waals surface area contributed by atoms with E-state index in [2.05, 4.69) is 41.7 Å². The van der Waals surface area contributed by atoms with Gasteiger partial charge in [0.2, 0.25) is 0 Å². The van der Waals surface area contributed by atoms with Crippen molar-refractivity contribution in [3.05, 3.63) is 70.8 Å². The van der Waals surface area contributed by atoms with Crippen molar-refractivity contribution in [2.45, 2.75) is 12.8 Å². The highest BCUT2D eigenvalue weighted by molar-refractivity contribution is 5.96. The molecule has 90 valence electrons. The molecule has 0 bridgehead atoms. The van der Waals surface area contributed by atoms with Crippen molar-refractivity contribution >= 4 is 5.91 Å². The third kappa shape index (κ3) is 2.14.